The van der Waals surface area contributed by atoms with Crippen LogP contribution in [0.1, 0.15) is 27.7 Å². The summed E-state index contributed by atoms with van der Waals surface area (Å²) < 4.78 is 5.62. The number of benzene rings is 1. The Kier molecular flexibility index (Phi) is 3.20. The molecule has 98 valence electrons. The van der Waals surface area contributed by atoms with Gasteiger partial charge in [0.2, 0.25) is 0 Å². The standard InChI is InChI=1S/C14H21N3O/c1-9(2)14(3,4)8-16-13-17-11-6-5-10(15)7-12(11)18-13/h5-7,9H,8,15H2,1-4H3,(H,16,17). The fraction of sp³-hybridized carbons (Fsp3) is 0.500. The number of nitrogens with two attached hydrogens (primary N) is 1. The van der Waals surface area contributed by atoms with Gasteiger partial charge in [-0.05, 0) is 23.5 Å². The van der Waals surface area contributed by atoms with E-state index in [1.165, 1.54) is 0 Å². The van der Waals surface area contributed by atoms with Crippen molar-refractivity contribution in [3.63, 3.8) is 0 Å². The van der Waals surface area contributed by atoms with Crippen LogP contribution in [0.4, 0.5) is 11.7 Å². The van der Waals surface area contributed by atoms with Gasteiger partial charge >= 0.3 is 0 Å². The minimum Gasteiger partial charge on any atom is -0.423 e. The first-order valence-corrected chi connectivity index (χ1v) is 6.28. The number of anilines is 2. The van der Waals surface area contributed by atoms with Gasteiger partial charge in [0.15, 0.2) is 5.58 Å². The number of hydrogen-bond acceptors (Lipinski definition) is 4. The first-order valence-electron chi connectivity index (χ1n) is 6.28. The normalized spacial score (nSPS) is 12.3. The summed E-state index contributed by atoms with van der Waals surface area (Å²) in [5.74, 6) is 0.588. The van der Waals surface area contributed by atoms with Crippen LogP contribution in [0.3, 0.4) is 0 Å². The molecule has 0 unspecified atom stereocenters. The molecule has 2 rings (SSSR count). The lowest BCUT2D eigenvalue weighted by Gasteiger charge is -2.28. The molecule has 0 aliphatic carbocycles. The van der Waals surface area contributed by atoms with E-state index >= 15 is 0 Å². The third-order valence-corrected chi connectivity index (χ3v) is 3.67. The molecule has 0 aliphatic rings. The summed E-state index contributed by atoms with van der Waals surface area (Å²) in [4.78, 5) is 4.38. The molecule has 1 aromatic heterocycles. The van der Waals surface area contributed by atoms with Crippen LogP contribution in [-0.2, 0) is 0 Å². The molecule has 0 bridgehead atoms. The maximum atomic E-state index is 5.71. The molecule has 3 N–H and O–H groups in total. The second-order valence-corrected chi connectivity index (χ2v) is 5.74. The average Bonchev–Trinajstić information content (AvgIpc) is 2.68. The SMILES string of the molecule is CC(C)C(C)(C)CNc1nc2ccc(N)cc2o1. The van der Waals surface area contributed by atoms with Gasteiger partial charge in [0, 0.05) is 18.3 Å². The molecule has 2 aromatic rings. The van der Waals surface area contributed by atoms with E-state index in [2.05, 4.69) is 38.0 Å². The Morgan fingerprint density at radius 2 is 2.11 bits per heavy atom. The fourth-order valence-corrected chi connectivity index (χ4v) is 1.52. The van der Waals surface area contributed by atoms with Crippen LogP contribution in [0.5, 0.6) is 0 Å². The van der Waals surface area contributed by atoms with Gasteiger partial charge in [-0.1, -0.05) is 27.7 Å². The van der Waals surface area contributed by atoms with Crippen molar-refractivity contribution >= 4 is 22.8 Å². The number of rotatable bonds is 4. The van der Waals surface area contributed by atoms with Crippen molar-refractivity contribution < 1.29 is 4.42 Å². The summed E-state index contributed by atoms with van der Waals surface area (Å²) in [5.41, 5.74) is 8.14. The minimum absolute atomic E-state index is 0.194. The van der Waals surface area contributed by atoms with Gasteiger partial charge in [0.1, 0.15) is 5.52 Å². The highest BCUT2D eigenvalue weighted by Crippen LogP contribution is 2.27. The van der Waals surface area contributed by atoms with Crippen LogP contribution in [0.2, 0.25) is 0 Å². The monoisotopic (exact) mass is 247 g/mol. The summed E-state index contributed by atoms with van der Waals surface area (Å²) in [7, 11) is 0. The molecule has 0 atom stereocenters. The third kappa shape index (κ3) is 2.58. The van der Waals surface area contributed by atoms with Crippen molar-refractivity contribution in [1.82, 2.24) is 4.98 Å². The van der Waals surface area contributed by atoms with Gasteiger partial charge in [0.05, 0.1) is 0 Å². The zero-order valence-electron chi connectivity index (χ0n) is 11.4. The number of nitrogens with one attached hydrogen (secondary N) is 1. The highest BCUT2D eigenvalue weighted by atomic mass is 16.4. The highest BCUT2D eigenvalue weighted by Gasteiger charge is 2.22. The summed E-state index contributed by atoms with van der Waals surface area (Å²) in [5, 5.41) is 3.26. The number of aromatic nitrogens is 1. The molecule has 0 amide bonds. The molecule has 0 fully saturated rings. The van der Waals surface area contributed by atoms with Crippen molar-refractivity contribution in [2.45, 2.75) is 27.7 Å². The molecule has 4 nitrogen and oxygen atoms in total. The van der Waals surface area contributed by atoms with Crippen molar-refractivity contribution in [3.05, 3.63) is 18.2 Å². The van der Waals surface area contributed by atoms with Crippen LogP contribution >= 0.6 is 0 Å². The van der Waals surface area contributed by atoms with Gasteiger partial charge in [-0.3, -0.25) is 0 Å². The lowest BCUT2D eigenvalue weighted by Crippen LogP contribution is -2.28. The van der Waals surface area contributed by atoms with Crippen LogP contribution in [0.15, 0.2) is 22.6 Å². The number of fused-ring (bicyclic) bond motifs is 1. The number of nitrogens with zero attached hydrogens (tertiary/aromatic N) is 1. The van der Waals surface area contributed by atoms with Crippen molar-refractivity contribution in [3.8, 4) is 0 Å². The summed E-state index contributed by atoms with van der Waals surface area (Å²) in [6.45, 7) is 9.71. The Bertz CT molecular complexity index is 543. The zero-order valence-corrected chi connectivity index (χ0v) is 11.4. The van der Waals surface area contributed by atoms with Crippen molar-refractivity contribution in [1.29, 1.82) is 0 Å². The van der Waals surface area contributed by atoms with Crippen LogP contribution < -0.4 is 11.1 Å². The van der Waals surface area contributed by atoms with Gasteiger partial charge in [-0.25, -0.2) is 0 Å². The number of nitrogen functional groups attached to an aromatic ring is 1. The Hall–Kier alpha value is -1.71. The first-order chi connectivity index (χ1) is 8.38. The van der Waals surface area contributed by atoms with Crippen LogP contribution in [0.25, 0.3) is 11.1 Å². The molecule has 0 radical (unpaired) electrons. The van der Waals surface area contributed by atoms with E-state index < -0.39 is 0 Å². The Balaban J connectivity index is 2.13. The fourth-order valence-electron chi connectivity index (χ4n) is 1.52. The minimum atomic E-state index is 0.194. The lowest BCUT2D eigenvalue weighted by molar-refractivity contribution is 0.268. The Morgan fingerprint density at radius 1 is 1.39 bits per heavy atom. The average molecular weight is 247 g/mol. The first kappa shape index (κ1) is 12.7. The van der Waals surface area contributed by atoms with E-state index in [9.17, 15) is 0 Å². The zero-order chi connectivity index (χ0) is 13.3. The quantitative estimate of drug-likeness (QED) is 0.811. The van der Waals surface area contributed by atoms with E-state index in [1.807, 2.05) is 12.1 Å². The molecular weight excluding hydrogens is 226 g/mol. The number of hydrogen-bond donors (Lipinski definition) is 2. The molecule has 0 spiro atoms. The van der Waals surface area contributed by atoms with Gasteiger partial charge in [0.25, 0.3) is 6.01 Å². The van der Waals surface area contributed by atoms with Crippen LogP contribution in [-0.4, -0.2) is 11.5 Å². The maximum Gasteiger partial charge on any atom is 0.295 e. The van der Waals surface area contributed by atoms with E-state index in [0.29, 0.717) is 17.6 Å². The van der Waals surface area contributed by atoms with Crippen molar-refractivity contribution in [2.24, 2.45) is 11.3 Å². The van der Waals surface area contributed by atoms with E-state index in [-0.39, 0.29) is 5.41 Å². The molecular formula is C14H21N3O. The summed E-state index contributed by atoms with van der Waals surface area (Å²) in [6, 6.07) is 6.05. The largest absolute Gasteiger partial charge is 0.423 e. The number of oxazole rings is 1. The lowest BCUT2D eigenvalue weighted by atomic mass is 9.81. The second-order valence-electron chi connectivity index (χ2n) is 5.74. The van der Waals surface area contributed by atoms with Crippen molar-refractivity contribution in [2.75, 3.05) is 17.6 Å². The second kappa shape index (κ2) is 4.52. The predicted octanol–water partition coefficient (Wildman–Crippen LogP) is 3.50. The molecule has 4 heteroatoms. The Labute approximate surface area is 108 Å². The topological polar surface area (TPSA) is 64.1 Å². The third-order valence-electron chi connectivity index (χ3n) is 3.67. The molecule has 1 heterocycles. The molecule has 0 saturated heterocycles. The maximum absolute atomic E-state index is 5.71. The van der Waals surface area contributed by atoms with Crippen LogP contribution in [0, 0.1) is 11.3 Å². The smallest absolute Gasteiger partial charge is 0.295 e. The molecule has 0 aliphatic heterocycles. The Morgan fingerprint density at radius 3 is 2.78 bits per heavy atom. The van der Waals surface area contributed by atoms with E-state index in [4.69, 9.17) is 10.2 Å². The highest BCUT2D eigenvalue weighted by molar-refractivity contribution is 5.78. The van der Waals surface area contributed by atoms with Gasteiger partial charge in [-0.2, -0.15) is 4.98 Å². The van der Waals surface area contributed by atoms with E-state index in [0.717, 1.165) is 17.6 Å². The molecule has 0 saturated carbocycles. The summed E-state index contributed by atoms with van der Waals surface area (Å²) >= 11 is 0. The van der Waals surface area contributed by atoms with Gasteiger partial charge in [-0.15, -0.1) is 0 Å². The van der Waals surface area contributed by atoms with E-state index in [1.54, 1.807) is 6.07 Å². The summed E-state index contributed by atoms with van der Waals surface area (Å²) in [6.07, 6.45) is 0. The predicted molar refractivity (Wildman–Crippen MR) is 75.5 cm³/mol. The van der Waals surface area contributed by atoms with Gasteiger partial charge < -0.3 is 15.5 Å². The molecule has 1 aromatic carbocycles. The molecule has 18 heavy (non-hydrogen) atoms.